The van der Waals surface area contributed by atoms with Crippen molar-refractivity contribution in [3.63, 3.8) is 0 Å². The average molecular weight is 410 g/mol. The summed E-state index contributed by atoms with van der Waals surface area (Å²) in [6.07, 6.45) is 1.06. The van der Waals surface area contributed by atoms with E-state index in [9.17, 15) is 0 Å². The highest BCUT2D eigenvalue weighted by molar-refractivity contribution is 5.53. The number of nitrogens with zero attached hydrogens (tertiary/aromatic N) is 1. The minimum Gasteiger partial charge on any atom is -0.487 e. The number of aryl methyl sites for hydroxylation is 1. The van der Waals surface area contributed by atoms with E-state index in [1.807, 2.05) is 70.2 Å². The maximum Gasteiger partial charge on any atom is 0.226 e. The van der Waals surface area contributed by atoms with Crippen LogP contribution in [0.1, 0.15) is 37.8 Å². The Hall–Kier alpha value is -2.63. The molecule has 0 radical (unpaired) electrons. The molecule has 5 heteroatoms. The molecule has 1 heterocycles. The zero-order valence-corrected chi connectivity index (χ0v) is 18.3. The lowest BCUT2D eigenvalue weighted by atomic mass is 10.1. The molecule has 0 unspecified atom stereocenters. The lowest BCUT2D eigenvalue weighted by molar-refractivity contribution is -0.0305. The zero-order valence-electron chi connectivity index (χ0n) is 18.3. The van der Waals surface area contributed by atoms with Crippen LogP contribution in [-0.4, -0.2) is 30.4 Å². The maximum atomic E-state index is 5.93. The van der Waals surface area contributed by atoms with Gasteiger partial charge in [-0.05, 0) is 57.5 Å². The third kappa shape index (κ3) is 6.44. The monoisotopic (exact) mass is 409 g/mol. The molecule has 0 aliphatic rings. The third-order valence-corrected chi connectivity index (χ3v) is 4.69. The van der Waals surface area contributed by atoms with Gasteiger partial charge in [0.1, 0.15) is 23.8 Å². The van der Waals surface area contributed by atoms with Gasteiger partial charge in [0.15, 0.2) is 0 Å². The number of rotatable bonds is 11. The van der Waals surface area contributed by atoms with Crippen LogP contribution in [0.4, 0.5) is 0 Å². The van der Waals surface area contributed by atoms with E-state index in [0.717, 1.165) is 29.2 Å². The Balaban J connectivity index is 1.56. The topological polar surface area (TPSA) is 53.7 Å². The van der Waals surface area contributed by atoms with Crippen molar-refractivity contribution in [2.45, 2.75) is 52.9 Å². The molecule has 0 fully saturated rings. The first kappa shape index (κ1) is 22.1. The minimum atomic E-state index is 0.0540. The van der Waals surface area contributed by atoms with Crippen molar-refractivity contribution in [2.24, 2.45) is 0 Å². The van der Waals surface area contributed by atoms with Crippen LogP contribution in [0.3, 0.4) is 0 Å². The Morgan fingerprint density at radius 2 is 1.70 bits per heavy atom. The normalized spacial score (nSPS) is 12.3. The van der Waals surface area contributed by atoms with E-state index in [0.29, 0.717) is 25.7 Å². The van der Waals surface area contributed by atoms with Crippen molar-refractivity contribution in [2.75, 3.05) is 13.2 Å². The fourth-order valence-corrected chi connectivity index (χ4v) is 3.10. The first-order valence-corrected chi connectivity index (χ1v) is 10.5. The van der Waals surface area contributed by atoms with Crippen molar-refractivity contribution in [3.05, 3.63) is 71.6 Å². The van der Waals surface area contributed by atoms with E-state index >= 15 is 0 Å². The van der Waals surface area contributed by atoms with Gasteiger partial charge in [0.2, 0.25) is 5.89 Å². The molecule has 0 aliphatic carbocycles. The van der Waals surface area contributed by atoms with Gasteiger partial charge in [-0.1, -0.05) is 30.3 Å². The van der Waals surface area contributed by atoms with Gasteiger partial charge in [0.25, 0.3) is 0 Å². The molecule has 2 aromatic carbocycles. The number of aromatic nitrogens is 1. The molecule has 3 aromatic rings. The second-order valence-electron chi connectivity index (χ2n) is 7.48. The first-order valence-electron chi connectivity index (χ1n) is 10.5. The molecule has 0 amide bonds. The predicted molar refractivity (Wildman–Crippen MR) is 118 cm³/mol. The first-order chi connectivity index (χ1) is 14.5. The van der Waals surface area contributed by atoms with Crippen molar-refractivity contribution in [1.82, 2.24) is 4.98 Å². The summed E-state index contributed by atoms with van der Waals surface area (Å²) in [7, 11) is 0. The Morgan fingerprint density at radius 3 is 2.37 bits per heavy atom. The van der Waals surface area contributed by atoms with Crippen LogP contribution < -0.4 is 4.74 Å². The van der Waals surface area contributed by atoms with Gasteiger partial charge < -0.3 is 18.6 Å². The summed E-state index contributed by atoms with van der Waals surface area (Å²) in [5, 5.41) is 0. The van der Waals surface area contributed by atoms with Gasteiger partial charge in [-0.15, -0.1) is 0 Å². The van der Waals surface area contributed by atoms with Crippen LogP contribution in [-0.2, 0) is 22.5 Å². The van der Waals surface area contributed by atoms with Crippen molar-refractivity contribution in [3.8, 4) is 17.2 Å². The quantitative estimate of drug-likeness (QED) is 0.412. The van der Waals surface area contributed by atoms with Gasteiger partial charge in [-0.25, -0.2) is 4.98 Å². The largest absolute Gasteiger partial charge is 0.487 e. The summed E-state index contributed by atoms with van der Waals surface area (Å²) in [4.78, 5) is 4.59. The molecule has 0 spiro atoms. The highest BCUT2D eigenvalue weighted by Gasteiger charge is 2.13. The fraction of sp³-hybridized carbons (Fsp3) is 0.400. The molecule has 0 bridgehead atoms. The Bertz CT molecular complexity index is 887. The van der Waals surface area contributed by atoms with Crippen molar-refractivity contribution >= 4 is 0 Å². The number of ether oxygens (including phenoxy) is 3. The van der Waals surface area contributed by atoms with E-state index in [2.05, 4.69) is 17.1 Å². The van der Waals surface area contributed by atoms with Crippen LogP contribution in [0.25, 0.3) is 11.5 Å². The van der Waals surface area contributed by atoms with Gasteiger partial charge in [-0.3, -0.25) is 0 Å². The molecule has 160 valence electrons. The molecule has 5 nitrogen and oxygen atoms in total. The zero-order chi connectivity index (χ0) is 21.3. The van der Waals surface area contributed by atoms with E-state index < -0.39 is 0 Å². The van der Waals surface area contributed by atoms with Gasteiger partial charge >= 0.3 is 0 Å². The number of benzene rings is 2. The molecular weight excluding hydrogens is 378 g/mol. The van der Waals surface area contributed by atoms with E-state index in [1.54, 1.807) is 0 Å². The van der Waals surface area contributed by atoms with Crippen molar-refractivity contribution in [1.29, 1.82) is 0 Å². The van der Waals surface area contributed by atoms with Crippen LogP contribution in [0.15, 0.2) is 59.0 Å². The summed E-state index contributed by atoms with van der Waals surface area (Å²) in [5.41, 5.74) is 2.96. The molecule has 30 heavy (non-hydrogen) atoms. The van der Waals surface area contributed by atoms with Crippen LogP contribution in [0, 0.1) is 6.92 Å². The second kappa shape index (κ2) is 11.0. The van der Waals surface area contributed by atoms with Gasteiger partial charge in [0, 0.05) is 18.6 Å². The summed E-state index contributed by atoms with van der Waals surface area (Å²) in [6, 6.07) is 18.0. The Morgan fingerprint density at radius 1 is 0.967 bits per heavy atom. The van der Waals surface area contributed by atoms with Gasteiger partial charge in [-0.2, -0.15) is 0 Å². The van der Waals surface area contributed by atoms with E-state index in [-0.39, 0.29) is 12.2 Å². The molecule has 1 atom stereocenters. The predicted octanol–water partition coefficient (Wildman–Crippen LogP) is 5.60. The molecule has 0 saturated heterocycles. The fourth-order valence-electron chi connectivity index (χ4n) is 3.10. The smallest absolute Gasteiger partial charge is 0.226 e. The highest BCUT2D eigenvalue weighted by Crippen LogP contribution is 2.23. The minimum absolute atomic E-state index is 0.0540. The highest BCUT2D eigenvalue weighted by atomic mass is 16.5. The molecule has 1 aromatic heterocycles. The molecule has 3 rings (SSSR count). The molecule has 0 saturated carbocycles. The molecule has 0 aliphatic heterocycles. The summed E-state index contributed by atoms with van der Waals surface area (Å²) < 4.78 is 23.3. The molecular formula is C25H31NO4. The van der Waals surface area contributed by atoms with Crippen LogP contribution in [0.5, 0.6) is 5.75 Å². The lowest BCUT2D eigenvalue weighted by Crippen LogP contribution is -2.24. The number of hydrogen-bond acceptors (Lipinski definition) is 5. The summed E-state index contributed by atoms with van der Waals surface area (Å²) in [6.45, 7) is 9.63. The summed E-state index contributed by atoms with van der Waals surface area (Å²) >= 11 is 0. The third-order valence-electron chi connectivity index (χ3n) is 4.69. The van der Waals surface area contributed by atoms with E-state index in [4.69, 9.17) is 18.6 Å². The van der Waals surface area contributed by atoms with Crippen molar-refractivity contribution < 1.29 is 18.6 Å². The lowest BCUT2D eigenvalue weighted by Gasteiger charge is -2.19. The van der Waals surface area contributed by atoms with Gasteiger partial charge in [0.05, 0.1) is 18.8 Å². The van der Waals surface area contributed by atoms with E-state index in [1.165, 1.54) is 5.56 Å². The Kier molecular flexibility index (Phi) is 8.05. The average Bonchev–Trinajstić information content (AvgIpc) is 3.13. The van der Waals surface area contributed by atoms with Crippen LogP contribution in [0.2, 0.25) is 0 Å². The number of oxazole rings is 1. The van der Waals surface area contributed by atoms with Crippen LogP contribution >= 0.6 is 0 Å². The summed E-state index contributed by atoms with van der Waals surface area (Å²) in [5.74, 6) is 2.19. The molecule has 0 N–H and O–H groups in total. The second-order valence-corrected chi connectivity index (χ2v) is 7.48. The number of hydrogen-bond donors (Lipinski definition) is 0. The standard InChI is InChI=1S/C25H31NO4/c1-5-27-23(16-28-18(2)3)15-20-11-13-22(14-12-20)29-17-24-19(4)30-25(26-24)21-9-7-6-8-10-21/h6-14,18,23H,5,15-17H2,1-4H3/t23-/m0/s1. The maximum absolute atomic E-state index is 5.93. The SMILES string of the molecule is CCO[C@H](COC(C)C)Cc1ccc(OCc2nc(-c3ccccc3)oc2C)cc1. The Labute approximate surface area is 179 Å².